The Hall–Kier alpha value is -1.35. The van der Waals surface area contributed by atoms with Crippen molar-refractivity contribution in [3.8, 4) is 0 Å². The van der Waals surface area contributed by atoms with Crippen LogP contribution in [0.5, 0.6) is 0 Å². The first-order valence-corrected chi connectivity index (χ1v) is 8.00. The molecule has 1 saturated heterocycles. The molecule has 0 radical (unpaired) electrons. The second-order valence-electron chi connectivity index (χ2n) is 6.86. The summed E-state index contributed by atoms with van der Waals surface area (Å²) in [6.45, 7) is 13.8. The summed E-state index contributed by atoms with van der Waals surface area (Å²) in [5.74, 6) is 0.826. The van der Waals surface area contributed by atoms with E-state index in [-0.39, 0.29) is 5.91 Å². The van der Waals surface area contributed by atoms with Crippen molar-refractivity contribution in [1.29, 1.82) is 0 Å². The number of rotatable bonds is 3. The molecule has 3 heteroatoms. The maximum absolute atomic E-state index is 12.6. The van der Waals surface area contributed by atoms with Gasteiger partial charge in [0.25, 0.3) is 5.91 Å². The number of carbonyl (C=O) groups is 1. The van der Waals surface area contributed by atoms with E-state index in [1.165, 1.54) is 5.56 Å². The van der Waals surface area contributed by atoms with Gasteiger partial charge in [-0.1, -0.05) is 31.5 Å². The molecular weight excluding hydrogens is 260 g/mol. The highest BCUT2D eigenvalue weighted by Gasteiger charge is 2.32. The average molecular weight is 288 g/mol. The molecule has 0 aliphatic carbocycles. The topological polar surface area (TPSA) is 23.6 Å². The Bertz CT molecular complexity index is 468. The lowest BCUT2D eigenvalue weighted by atomic mass is 10.0. The van der Waals surface area contributed by atoms with E-state index in [0.29, 0.717) is 18.0 Å². The molecule has 2 rings (SSSR count). The molecule has 21 heavy (non-hydrogen) atoms. The number of amides is 1. The highest BCUT2D eigenvalue weighted by molar-refractivity contribution is 5.94. The molecule has 1 aromatic rings. The fourth-order valence-electron chi connectivity index (χ4n) is 3.18. The van der Waals surface area contributed by atoms with Crippen molar-refractivity contribution < 1.29 is 4.79 Å². The van der Waals surface area contributed by atoms with E-state index >= 15 is 0 Å². The van der Waals surface area contributed by atoms with Gasteiger partial charge in [0.15, 0.2) is 0 Å². The van der Waals surface area contributed by atoms with Crippen LogP contribution in [-0.4, -0.2) is 47.4 Å². The minimum atomic E-state index is 0.165. The van der Waals surface area contributed by atoms with E-state index in [2.05, 4.69) is 32.6 Å². The number of benzene rings is 1. The molecular formula is C18H28N2O. The van der Waals surface area contributed by atoms with Crippen LogP contribution < -0.4 is 0 Å². The molecule has 0 bridgehead atoms. The van der Waals surface area contributed by atoms with E-state index in [4.69, 9.17) is 0 Å². The van der Waals surface area contributed by atoms with E-state index in [0.717, 1.165) is 25.2 Å². The van der Waals surface area contributed by atoms with Gasteiger partial charge in [-0.25, -0.2) is 0 Å². The van der Waals surface area contributed by atoms with Crippen LogP contribution in [-0.2, 0) is 0 Å². The Kier molecular flexibility index (Phi) is 5.04. The maximum atomic E-state index is 12.6. The van der Waals surface area contributed by atoms with Crippen LogP contribution in [0, 0.1) is 12.8 Å². The number of carbonyl (C=O) groups excluding carboxylic acids is 1. The molecule has 1 fully saturated rings. The number of nitrogens with zero attached hydrogens (tertiary/aromatic N) is 2. The predicted octanol–water partition coefficient (Wildman–Crippen LogP) is 3.19. The molecule has 1 amide bonds. The molecule has 0 unspecified atom stereocenters. The Labute approximate surface area is 128 Å². The second kappa shape index (κ2) is 6.61. The summed E-state index contributed by atoms with van der Waals surface area (Å²) in [4.78, 5) is 17.2. The lowest BCUT2D eigenvalue weighted by Gasteiger charge is -2.45. The van der Waals surface area contributed by atoms with Gasteiger partial charge in [0, 0.05) is 37.3 Å². The van der Waals surface area contributed by atoms with Gasteiger partial charge in [-0.15, -0.1) is 0 Å². The van der Waals surface area contributed by atoms with Gasteiger partial charge in [0.2, 0.25) is 0 Å². The normalized spacial score (nSPS) is 23.6. The average Bonchev–Trinajstić information content (AvgIpc) is 2.42. The van der Waals surface area contributed by atoms with E-state index in [1.54, 1.807) is 0 Å². The molecule has 3 nitrogen and oxygen atoms in total. The standard InChI is InChI=1S/C18H28N2O/c1-13(2)10-20-15(4)11-19(12-16(20)5)18(21)17-8-6-14(3)7-9-17/h6-9,13,15-16H,10-12H2,1-5H3/t15-,16+. The van der Waals surface area contributed by atoms with Crippen molar-refractivity contribution in [2.75, 3.05) is 19.6 Å². The molecule has 0 spiro atoms. The van der Waals surface area contributed by atoms with Crippen LogP contribution in [0.2, 0.25) is 0 Å². The van der Waals surface area contributed by atoms with Gasteiger partial charge >= 0.3 is 0 Å². The van der Waals surface area contributed by atoms with Crippen LogP contribution in [0.15, 0.2) is 24.3 Å². The molecule has 116 valence electrons. The molecule has 1 heterocycles. The Morgan fingerprint density at radius 1 is 1.14 bits per heavy atom. The molecule has 1 aliphatic heterocycles. The Morgan fingerprint density at radius 2 is 1.67 bits per heavy atom. The molecule has 1 aromatic carbocycles. The zero-order valence-electron chi connectivity index (χ0n) is 14.0. The maximum Gasteiger partial charge on any atom is 0.253 e. The third kappa shape index (κ3) is 3.85. The quantitative estimate of drug-likeness (QED) is 0.853. The fourth-order valence-corrected chi connectivity index (χ4v) is 3.18. The van der Waals surface area contributed by atoms with E-state index in [1.807, 2.05) is 36.1 Å². The van der Waals surface area contributed by atoms with Gasteiger partial charge in [0.05, 0.1) is 0 Å². The number of hydrogen-bond acceptors (Lipinski definition) is 2. The van der Waals surface area contributed by atoms with Crippen molar-refractivity contribution >= 4 is 5.91 Å². The van der Waals surface area contributed by atoms with Crippen molar-refractivity contribution in [3.05, 3.63) is 35.4 Å². The summed E-state index contributed by atoms with van der Waals surface area (Å²) < 4.78 is 0. The third-order valence-electron chi connectivity index (χ3n) is 4.26. The van der Waals surface area contributed by atoms with Crippen LogP contribution in [0.3, 0.4) is 0 Å². The van der Waals surface area contributed by atoms with Crippen molar-refractivity contribution in [3.63, 3.8) is 0 Å². The largest absolute Gasteiger partial charge is 0.336 e. The van der Waals surface area contributed by atoms with E-state index in [9.17, 15) is 4.79 Å². The van der Waals surface area contributed by atoms with Crippen LogP contribution in [0.25, 0.3) is 0 Å². The first-order chi connectivity index (χ1) is 9.88. The van der Waals surface area contributed by atoms with Gasteiger partial charge in [-0.3, -0.25) is 9.69 Å². The molecule has 0 saturated carbocycles. The Balaban J connectivity index is 2.06. The number of hydrogen-bond donors (Lipinski definition) is 0. The first-order valence-electron chi connectivity index (χ1n) is 8.00. The highest BCUT2D eigenvalue weighted by Crippen LogP contribution is 2.19. The van der Waals surface area contributed by atoms with Crippen molar-refractivity contribution in [1.82, 2.24) is 9.80 Å². The predicted molar refractivity (Wildman–Crippen MR) is 87.6 cm³/mol. The second-order valence-corrected chi connectivity index (χ2v) is 6.86. The highest BCUT2D eigenvalue weighted by atomic mass is 16.2. The lowest BCUT2D eigenvalue weighted by molar-refractivity contribution is 0.0257. The molecule has 0 N–H and O–H groups in total. The number of piperazine rings is 1. The SMILES string of the molecule is Cc1ccc(C(=O)N2C[C@@H](C)N(CC(C)C)[C@@H](C)C2)cc1. The number of aryl methyl sites for hydroxylation is 1. The summed E-state index contributed by atoms with van der Waals surface area (Å²) >= 11 is 0. The summed E-state index contributed by atoms with van der Waals surface area (Å²) in [7, 11) is 0. The van der Waals surface area contributed by atoms with Crippen molar-refractivity contribution in [2.45, 2.75) is 46.7 Å². The Morgan fingerprint density at radius 3 is 2.14 bits per heavy atom. The monoisotopic (exact) mass is 288 g/mol. The van der Waals surface area contributed by atoms with Gasteiger partial charge in [0.1, 0.15) is 0 Å². The van der Waals surface area contributed by atoms with Gasteiger partial charge < -0.3 is 4.90 Å². The van der Waals surface area contributed by atoms with Gasteiger partial charge in [-0.05, 0) is 38.8 Å². The summed E-state index contributed by atoms with van der Waals surface area (Å²) in [5.41, 5.74) is 1.99. The first kappa shape index (κ1) is 16.0. The summed E-state index contributed by atoms with van der Waals surface area (Å²) in [6.07, 6.45) is 0. The van der Waals surface area contributed by atoms with Crippen molar-refractivity contribution in [2.24, 2.45) is 5.92 Å². The van der Waals surface area contributed by atoms with E-state index < -0.39 is 0 Å². The third-order valence-corrected chi connectivity index (χ3v) is 4.26. The fraction of sp³-hybridized carbons (Fsp3) is 0.611. The van der Waals surface area contributed by atoms with Crippen LogP contribution in [0.1, 0.15) is 43.6 Å². The smallest absolute Gasteiger partial charge is 0.253 e. The molecule has 1 aliphatic rings. The van der Waals surface area contributed by atoms with Crippen LogP contribution in [0.4, 0.5) is 0 Å². The summed E-state index contributed by atoms with van der Waals surface area (Å²) in [6, 6.07) is 8.74. The minimum Gasteiger partial charge on any atom is -0.336 e. The van der Waals surface area contributed by atoms with Crippen LogP contribution >= 0.6 is 0 Å². The molecule has 2 atom stereocenters. The lowest BCUT2D eigenvalue weighted by Crippen LogP contribution is -2.58. The summed E-state index contributed by atoms with van der Waals surface area (Å²) in [5, 5.41) is 0. The molecule has 0 aromatic heterocycles. The minimum absolute atomic E-state index is 0.165. The van der Waals surface area contributed by atoms with Gasteiger partial charge in [-0.2, -0.15) is 0 Å². The zero-order valence-corrected chi connectivity index (χ0v) is 14.0. The zero-order chi connectivity index (χ0) is 15.6.